The Hall–Kier alpha value is -2.08. The van der Waals surface area contributed by atoms with Crippen LogP contribution in [0.3, 0.4) is 0 Å². The van der Waals surface area contributed by atoms with Crippen molar-refractivity contribution in [1.29, 1.82) is 0 Å². The van der Waals surface area contributed by atoms with E-state index in [0.717, 1.165) is 11.3 Å². The van der Waals surface area contributed by atoms with Crippen LogP contribution in [-0.4, -0.2) is 30.9 Å². The van der Waals surface area contributed by atoms with Crippen molar-refractivity contribution in [2.45, 2.75) is 6.92 Å². The Kier molecular flexibility index (Phi) is 4.57. The maximum atomic E-state index is 5.63. The average Bonchev–Trinajstić information content (AvgIpc) is 2.85. The van der Waals surface area contributed by atoms with Gasteiger partial charge in [0.15, 0.2) is 10.8 Å². The minimum atomic E-state index is 0.438. The lowest BCUT2D eigenvalue weighted by Crippen LogP contribution is -2.07. The van der Waals surface area contributed by atoms with Crippen LogP contribution >= 0.6 is 11.3 Å². The van der Waals surface area contributed by atoms with Gasteiger partial charge in [0, 0.05) is 19.8 Å². The van der Waals surface area contributed by atoms with Crippen LogP contribution in [0.25, 0.3) is 11.8 Å². The van der Waals surface area contributed by atoms with Crippen molar-refractivity contribution in [3.8, 4) is 0 Å². The van der Waals surface area contributed by atoms with Crippen LogP contribution in [0, 0.1) is 0 Å². The van der Waals surface area contributed by atoms with Gasteiger partial charge in [0.05, 0.1) is 6.61 Å². The highest BCUT2D eigenvalue weighted by Gasteiger charge is 2.09. The van der Waals surface area contributed by atoms with E-state index in [9.17, 15) is 0 Å². The van der Waals surface area contributed by atoms with Gasteiger partial charge in [-0.25, -0.2) is 0 Å². The summed E-state index contributed by atoms with van der Waals surface area (Å²) in [5.41, 5.74) is 7.82. The molecule has 1 aromatic carbocycles. The van der Waals surface area contributed by atoms with Gasteiger partial charge in [0.2, 0.25) is 5.13 Å². The number of nitrogens with two attached hydrogens (primary N) is 1. The van der Waals surface area contributed by atoms with E-state index in [4.69, 9.17) is 10.5 Å². The summed E-state index contributed by atoms with van der Waals surface area (Å²) in [5, 5.41) is 8.97. The maximum Gasteiger partial charge on any atom is 0.203 e. The molecule has 0 fully saturated rings. The van der Waals surface area contributed by atoms with Crippen molar-refractivity contribution in [3.63, 3.8) is 0 Å². The van der Waals surface area contributed by atoms with Crippen molar-refractivity contribution in [1.82, 2.24) is 10.2 Å². The third-order valence-electron chi connectivity index (χ3n) is 2.66. The summed E-state index contributed by atoms with van der Waals surface area (Å²) in [4.78, 5) is 2.06. The maximum absolute atomic E-state index is 5.63. The lowest BCUT2D eigenvalue weighted by atomic mass is 10.2. The highest BCUT2D eigenvalue weighted by atomic mass is 32.1. The van der Waals surface area contributed by atoms with E-state index in [1.54, 1.807) is 0 Å². The molecule has 1 aromatic heterocycles. The Labute approximate surface area is 122 Å². The van der Waals surface area contributed by atoms with E-state index in [1.807, 2.05) is 39.2 Å². The van der Waals surface area contributed by atoms with E-state index >= 15 is 0 Å². The van der Waals surface area contributed by atoms with Gasteiger partial charge in [0.25, 0.3) is 0 Å². The molecule has 0 saturated carbocycles. The summed E-state index contributed by atoms with van der Waals surface area (Å²) in [7, 11) is 4.03. The van der Waals surface area contributed by atoms with Crippen LogP contribution in [0.15, 0.2) is 24.3 Å². The van der Waals surface area contributed by atoms with Crippen LogP contribution in [0.4, 0.5) is 10.8 Å². The Morgan fingerprint density at radius 3 is 2.50 bits per heavy atom. The number of ether oxygens (including phenoxy) is 1. The molecule has 0 bridgehead atoms. The summed E-state index contributed by atoms with van der Waals surface area (Å²) in [6.07, 6.45) is 1.95. The van der Waals surface area contributed by atoms with Crippen LogP contribution in [0.2, 0.25) is 0 Å². The molecule has 0 unspecified atom stereocenters. The number of rotatable bonds is 5. The molecule has 2 N–H and O–H groups in total. The Bertz CT molecular complexity index is 589. The molecule has 6 heteroatoms. The monoisotopic (exact) mass is 290 g/mol. The predicted octanol–water partition coefficient (Wildman–Crippen LogP) is 2.72. The average molecular weight is 290 g/mol. The molecule has 0 spiro atoms. The Balaban J connectivity index is 2.28. The number of nitrogen functional groups attached to an aromatic ring is 1. The van der Waals surface area contributed by atoms with Crippen LogP contribution in [0.1, 0.15) is 17.5 Å². The van der Waals surface area contributed by atoms with Crippen molar-refractivity contribution in [2.24, 2.45) is 0 Å². The van der Waals surface area contributed by atoms with Gasteiger partial charge in [-0.15, -0.1) is 10.2 Å². The molecule has 106 valence electrons. The number of nitrogens with zero attached hydrogens (tertiary/aromatic N) is 3. The molecular weight excluding hydrogens is 272 g/mol. The molecular formula is C14H18N4OS. The number of benzene rings is 1. The minimum absolute atomic E-state index is 0.438. The third kappa shape index (κ3) is 3.48. The van der Waals surface area contributed by atoms with Crippen LogP contribution in [0.5, 0.6) is 0 Å². The molecule has 0 radical (unpaired) electrons. The molecule has 5 nitrogen and oxygen atoms in total. The summed E-state index contributed by atoms with van der Waals surface area (Å²) in [6.45, 7) is 2.51. The van der Waals surface area contributed by atoms with Crippen molar-refractivity contribution in [3.05, 3.63) is 34.8 Å². The zero-order chi connectivity index (χ0) is 14.5. The van der Waals surface area contributed by atoms with Crippen molar-refractivity contribution in [2.75, 3.05) is 31.3 Å². The normalized spacial score (nSPS) is 11.4. The summed E-state index contributed by atoms with van der Waals surface area (Å²) in [6, 6.07) is 8.20. The largest absolute Gasteiger partial charge is 0.491 e. The van der Waals surface area contributed by atoms with E-state index < -0.39 is 0 Å². The summed E-state index contributed by atoms with van der Waals surface area (Å²) in [5.74, 6) is 0.694. The SMILES string of the molecule is CCO/C(=C\c1ccc(N(C)C)cc1)c1nnc(N)s1. The fraction of sp³-hybridized carbons (Fsp3) is 0.286. The number of hydrogen-bond donors (Lipinski definition) is 1. The lowest BCUT2D eigenvalue weighted by Gasteiger charge is -2.12. The Morgan fingerprint density at radius 2 is 2.00 bits per heavy atom. The topological polar surface area (TPSA) is 64.3 Å². The van der Waals surface area contributed by atoms with Gasteiger partial charge in [-0.05, 0) is 30.7 Å². The second kappa shape index (κ2) is 6.38. The molecule has 2 aromatic rings. The van der Waals surface area contributed by atoms with E-state index in [-0.39, 0.29) is 0 Å². The number of hydrogen-bond acceptors (Lipinski definition) is 6. The highest BCUT2D eigenvalue weighted by Crippen LogP contribution is 2.24. The third-order valence-corrected chi connectivity index (χ3v) is 3.43. The van der Waals surface area contributed by atoms with E-state index in [0.29, 0.717) is 22.5 Å². The fourth-order valence-corrected chi connectivity index (χ4v) is 2.25. The van der Waals surface area contributed by atoms with E-state index in [1.165, 1.54) is 11.3 Å². The highest BCUT2D eigenvalue weighted by molar-refractivity contribution is 7.16. The number of aromatic nitrogens is 2. The molecule has 0 aliphatic rings. The zero-order valence-corrected chi connectivity index (χ0v) is 12.6. The van der Waals surface area contributed by atoms with Crippen LogP contribution < -0.4 is 10.6 Å². The molecule has 0 saturated heterocycles. The molecule has 20 heavy (non-hydrogen) atoms. The van der Waals surface area contributed by atoms with Gasteiger partial charge in [-0.3, -0.25) is 0 Å². The first-order valence-corrected chi connectivity index (χ1v) is 7.13. The first kappa shape index (κ1) is 14.3. The zero-order valence-electron chi connectivity index (χ0n) is 11.8. The second-order valence-electron chi connectivity index (χ2n) is 4.37. The molecule has 0 amide bonds. The number of anilines is 2. The minimum Gasteiger partial charge on any atom is -0.491 e. The van der Waals surface area contributed by atoms with E-state index in [2.05, 4.69) is 27.2 Å². The standard InChI is InChI=1S/C14H18N4OS/c1-4-19-12(13-16-17-14(15)20-13)9-10-5-7-11(8-6-10)18(2)3/h5-9H,4H2,1-3H3,(H2,15,17)/b12-9-. The first-order chi connectivity index (χ1) is 9.60. The molecule has 1 heterocycles. The molecule has 0 aliphatic heterocycles. The van der Waals surface area contributed by atoms with Gasteiger partial charge in [0.1, 0.15) is 0 Å². The predicted molar refractivity (Wildman–Crippen MR) is 84.6 cm³/mol. The van der Waals surface area contributed by atoms with Gasteiger partial charge < -0.3 is 15.4 Å². The Morgan fingerprint density at radius 1 is 1.30 bits per heavy atom. The van der Waals surface area contributed by atoms with Crippen molar-refractivity contribution < 1.29 is 4.74 Å². The summed E-state index contributed by atoms with van der Waals surface area (Å²) < 4.78 is 5.63. The summed E-state index contributed by atoms with van der Waals surface area (Å²) >= 11 is 1.32. The van der Waals surface area contributed by atoms with Crippen LogP contribution in [-0.2, 0) is 4.74 Å². The lowest BCUT2D eigenvalue weighted by molar-refractivity contribution is 0.300. The van der Waals surface area contributed by atoms with Gasteiger partial charge in [-0.2, -0.15) is 0 Å². The molecule has 0 aliphatic carbocycles. The van der Waals surface area contributed by atoms with Crippen molar-refractivity contribution >= 4 is 34.0 Å². The molecule has 0 atom stereocenters. The molecule has 2 rings (SSSR count). The smallest absolute Gasteiger partial charge is 0.203 e. The van der Waals surface area contributed by atoms with Gasteiger partial charge >= 0.3 is 0 Å². The first-order valence-electron chi connectivity index (χ1n) is 6.31. The quantitative estimate of drug-likeness (QED) is 0.858. The van der Waals surface area contributed by atoms with Gasteiger partial charge in [-0.1, -0.05) is 23.5 Å². The fourth-order valence-electron chi connectivity index (χ4n) is 1.67. The second-order valence-corrected chi connectivity index (χ2v) is 5.38.